The monoisotopic (exact) mass is 199 g/mol. The molecular weight excluding hydrogens is 186 g/mol. The van der Waals surface area contributed by atoms with Gasteiger partial charge in [0.2, 0.25) is 0 Å². The predicted molar refractivity (Wildman–Crippen MR) is 62.7 cm³/mol. The van der Waals surface area contributed by atoms with E-state index in [1.54, 1.807) is 7.11 Å². The van der Waals surface area contributed by atoms with Crippen molar-refractivity contribution in [2.45, 2.75) is 0 Å². The largest absolute Gasteiger partial charge is 0.497 e. The summed E-state index contributed by atoms with van der Waals surface area (Å²) in [5.41, 5.74) is 2.26. The Hall–Kier alpha value is -1.96. The maximum absolute atomic E-state index is 5.09. The summed E-state index contributed by atoms with van der Waals surface area (Å²) >= 11 is 0. The molecule has 76 valence electrons. The molecule has 2 heteroatoms. The first-order chi connectivity index (χ1) is 7.38. The van der Waals surface area contributed by atoms with Gasteiger partial charge in [0, 0.05) is 11.9 Å². The number of hydrogen-bond donors (Lipinski definition) is 1. The van der Waals surface area contributed by atoms with Gasteiger partial charge in [-0.05, 0) is 35.9 Å². The van der Waals surface area contributed by atoms with E-state index in [0.717, 1.165) is 17.0 Å². The molecule has 0 bridgehead atoms. The molecule has 0 aliphatic heterocycles. The molecule has 0 fully saturated rings. The highest BCUT2D eigenvalue weighted by atomic mass is 16.5. The van der Waals surface area contributed by atoms with E-state index >= 15 is 0 Å². The molecule has 0 saturated heterocycles. The maximum Gasteiger partial charge on any atom is 0.118 e. The lowest BCUT2D eigenvalue weighted by atomic mass is 10.2. The number of hydrogen-bond acceptors (Lipinski definition) is 1. The average Bonchev–Trinajstić information content (AvgIpc) is 2.80. The number of ether oxygens (including phenoxy) is 1. The lowest BCUT2D eigenvalue weighted by Crippen LogP contribution is -1.81. The molecule has 0 spiro atoms. The van der Waals surface area contributed by atoms with Gasteiger partial charge in [0.1, 0.15) is 5.75 Å². The van der Waals surface area contributed by atoms with Crippen LogP contribution in [-0.2, 0) is 0 Å². The molecule has 0 amide bonds. The van der Waals surface area contributed by atoms with Crippen molar-refractivity contribution >= 4 is 12.2 Å². The Kier molecular flexibility index (Phi) is 2.88. The minimum atomic E-state index is 0.882. The fraction of sp³-hybridized carbons (Fsp3) is 0.0769. The van der Waals surface area contributed by atoms with Crippen molar-refractivity contribution < 1.29 is 4.74 Å². The lowest BCUT2D eigenvalue weighted by Gasteiger charge is -1.98. The van der Waals surface area contributed by atoms with Crippen LogP contribution in [0, 0.1) is 0 Å². The Morgan fingerprint density at radius 1 is 1.07 bits per heavy atom. The van der Waals surface area contributed by atoms with Crippen LogP contribution in [0.15, 0.2) is 42.6 Å². The SMILES string of the molecule is COc1ccc(C=Cc2ccc[nH]2)cc1. The van der Waals surface area contributed by atoms with Crippen molar-refractivity contribution in [2.75, 3.05) is 7.11 Å². The minimum absolute atomic E-state index is 0.882. The van der Waals surface area contributed by atoms with Gasteiger partial charge in [-0.2, -0.15) is 0 Å². The summed E-state index contributed by atoms with van der Waals surface area (Å²) in [5, 5.41) is 0. The normalized spacial score (nSPS) is 10.7. The zero-order valence-corrected chi connectivity index (χ0v) is 8.60. The molecule has 0 saturated carbocycles. The summed E-state index contributed by atoms with van der Waals surface area (Å²) in [6.45, 7) is 0. The van der Waals surface area contributed by atoms with Crippen LogP contribution >= 0.6 is 0 Å². The highest BCUT2D eigenvalue weighted by Crippen LogP contribution is 2.13. The van der Waals surface area contributed by atoms with Crippen molar-refractivity contribution in [1.82, 2.24) is 4.98 Å². The Morgan fingerprint density at radius 2 is 1.87 bits per heavy atom. The molecule has 1 aromatic heterocycles. The van der Waals surface area contributed by atoms with Crippen LogP contribution in [0.25, 0.3) is 12.2 Å². The molecule has 1 aromatic carbocycles. The second kappa shape index (κ2) is 4.51. The van der Waals surface area contributed by atoms with Crippen LogP contribution in [0.4, 0.5) is 0 Å². The van der Waals surface area contributed by atoms with Gasteiger partial charge in [0.05, 0.1) is 7.11 Å². The van der Waals surface area contributed by atoms with Gasteiger partial charge >= 0.3 is 0 Å². The summed E-state index contributed by atoms with van der Waals surface area (Å²) in [6, 6.07) is 12.0. The van der Waals surface area contributed by atoms with Gasteiger partial charge in [0.25, 0.3) is 0 Å². The number of rotatable bonds is 3. The Labute approximate surface area is 89.2 Å². The number of methoxy groups -OCH3 is 1. The summed E-state index contributed by atoms with van der Waals surface area (Å²) < 4.78 is 5.09. The third kappa shape index (κ3) is 2.50. The van der Waals surface area contributed by atoms with Gasteiger partial charge in [-0.15, -0.1) is 0 Å². The fourth-order valence-corrected chi connectivity index (χ4v) is 1.35. The molecule has 0 aliphatic carbocycles. The van der Waals surface area contributed by atoms with Crippen LogP contribution in [-0.4, -0.2) is 12.1 Å². The van der Waals surface area contributed by atoms with E-state index in [2.05, 4.69) is 11.1 Å². The topological polar surface area (TPSA) is 25.0 Å². The summed E-state index contributed by atoms with van der Waals surface area (Å²) in [6.07, 6.45) is 6.01. The minimum Gasteiger partial charge on any atom is -0.497 e. The van der Waals surface area contributed by atoms with Crippen molar-refractivity contribution in [3.63, 3.8) is 0 Å². The van der Waals surface area contributed by atoms with Gasteiger partial charge in [-0.25, -0.2) is 0 Å². The first-order valence-corrected chi connectivity index (χ1v) is 4.84. The lowest BCUT2D eigenvalue weighted by molar-refractivity contribution is 0.415. The van der Waals surface area contributed by atoms with E-state index < -0.39 is 0 Å². The molecule has 0 aliphatic rings. The molecule has 15 heavy (non-hydrogen) atoms. The van der Waals surface area contributed by atoms with E-state index in [0.29, 0.717) is 0 Å². The zero-order valence-electron chi connectivity index (χ0n) is 8.60. The van der Waals surface area contributed by atoms with Crippen molar-refractivity contribution in [3.05, 3.63) is 53.9 Å². The zero-order chi connectivity index (χ0) is 10.5. The number of H-pyrrole nitrogens is 1. The number of nitrogens with one attached hydrogen (secondary N) is 1. The van der Waals surface area contributed by atoms with E-state index in [4.69, 9.17) is 4.74 Å². The molecular formula is C13H13NO. The van der Waals surface area contributed by atoms with Crippen LogP contribution in [0.1, 0.15) is 11.3 Å². The molecule has 1 heterocycles. The first-order valence-electron chi connectivity index (χ1n) is 4.84. The molecule has 2 rings (SSSR count). The Morgan fingerprint density at radius 3 is 2.47 bits per heavy atom. The van der Waals surface area contributed by atoms with Crippen LogP contribution in [0.2, 0.25) is 0 Å². The quantitative estimate of drug-likeness (QED) is 0.806. The summed E-state index contributed by atoms with van der Waals surface area (Å²) in [5.74, 6) is 0.882. The number of aromatic amines is 1. The van der Waals surface area contributed by atoms with Crippen molar-refractivity contribution in [1.29, 1.82) is 0 Å². The molecule has 1 N–H and O–H groups in total. The smallest absolute Gasteiger partial charge is 0.118 e. The van der Waals surface area contributed by atoms with E-state index in [9.17, 15) is 0 Å². The second-order valence-corrected chi connectivity index (χ2v) is 3.23. The molecule has 2 aromatic rings. The maximum atomic E-state index is 5.09. The molecule has 0 atom stereocenters. The highest BCUT2D eigenvalue weighted by Gasteiger charge is 1.90. The van der Waals surface area contributed by atoms with Crippen LogP contribution < -0.4 is 4.74 Å². The van der Waals surface area contributed by atoms with Crippen molar-refractivity contribution in [2.24, 2.45) is 0 Å². The standard InChI is InChI=1S/C13H13NO/c1-15-13-8-5-11(6-9-13)4-7-12-3-2-10-14-12/h2-10,14H,1H3. The summed E-state index contributed by atoms with van der Waals surface area (Å²) in [7, 11) is 1.67. The van der Waals surface area contributed by atoms with E-state index in [-0.39, 0.29) is 0 Å². The van der Waals surface area contributed by atoms with Gasteiger partial charge in [0.15, 0.2) is 0 Å². The van der Waals surface area contributed by atoms with Crippen LogP contribution in [0.5, 0.6) is 5.75 Å². The predicted octanol–water partition coefficient (Wildman–Crippen LogP) is 3.19. The second-order valence-electron chi connectivity index (χ2n) is 3.23. The van der Waals surface area contributed by atoms with Gasteiger partial charge in [-0.3, -0.25) is 0 Å². The van der Waals surface area contributed by atoms with Gasteiger partial charge in [-0.1, -0.05) is 18.2 Å². The van der Waals surface area contributed by atoms with Crippen molar-refractivity contribution in [3.8, 4) is 5.75 Å². The summed E-state index contributed by atoms with van der Waals surface area (Å²) in [4.78, 5) is 3.12. The fourth-order valence-electron chi connectivity index (χ4n) is 1.35. The van der Waals surface area contributed by atoms with Crippen LogP contribution in [0.3, 0.4) is 0 Å². The molecule has 2 nitrogen and oxygen atoms in total. The Balaban J connectivity index is 2.11. The van der Waals surface area contributed by atoms with E-state index in [1.165, 1.54) is 0 Å². The highest BCUT2D eigenvalue weighted by molar-refractivity contribution is 5.68. The van der Waals surface area contributed by atoms with E-state index in [1.807, 2.05) is 48.7 Å². The third-order valence-corrected chi connectivity index (χ3v) is 2.19. The molecule has 0 unspecified atom stereocenters. The Bertz CT molecular complexity index is 426. The third-order valence-electron chi connectivity index (χ3n) is 2.19. The first kappa shape index (κ1) is 9.59. The molecule has 0 radical (unpaired) electrons. The number of aromatic nitrogens is 1. The number of benzene rings is 1. The average molecular weight is 199 g/mol. The van der Waals surface area contributed by atoms with Gasteiger partial charge < -0.3 is 9.72 Å².